The van der Waals surface area contributed by atoms with E-state index in [4.69, 9.17) is 14.2 Å². The molecule has 29 heavy (non-hydrogen) atoms. The number of amides is 1. The fourth-order valence-electron chi connectivity index (χ4n) is 3.78. The number of nitrogens with zero attached hydrogens (tertiary/aromatic N) is 3. The summed E-state index contributed by atoms with van der Waals surface area (Å²) >= 11 is 0. The highest BCUT2D eigenvalue weighted by Crippen LogP contribution is 2.39. The summed E-state index contributed by atoms with van der Waals surface area (Å²) in [5.41, 5.74) is -0.584. The molecule has 2 fully saturated rings. The summed E-state index contributed by atoms with van der Waals surface area (Å²) in [4.78, 5) is 42.2. The second-order valence-electron chi connectivity index (χ2n) is 7.62. The van der Waals surface area contributed by atoms with Crippen LogP contribution in [0.3, 0.4) is 0 Å². The molecule has 2 aromatic rings. The van der Waals surface area contributed by atoms with Crippen LogP contribution in [-0.2, 0) is 21.3 Å². The number of carbonyl (C=O) groups is 1. The monoisotopic (exact) mass is 405 g/mol. The number of H-pyrrole nitrogens is 1. The number of hydrogen-bond acceptors (Lipinski definition) is 7. The summed E-state index contributed by atoms with van der Waals surface area (Å²) in [6, 6.07) is 0.799. The third-order valence-corrected chi connectivity index (χ3v) is 5.11. The van der Waals surface area contributed by atoms with E-state index < -0.39 is 41.4 Å². The average Bonchev–Trinajstić information content (AvgIpc) is 3.22. The van der Waals surface area contributed by atoms with Gasteiger partial charge in [-0.2, -0.15) is 0 Å². The van der Waals surface area contributed by atoms with Gasteiger partial charge in [-0.15, -0.1) is 0 Å². The SMILES string of the molecule is Cn1cncc1C(=O)NC[C@H]1OC[C@@H](n2ccc(=O)[nH]c2=O)[C@@H]2OC(C)(C)O[C@@H]21. The van der Waals surface area contributed by atoms with Crippen LogP contribution in [0.5, 0.6) is 0 Å². The predicted octanol–water partition coefficient (Wildman–Crippen LogP) is -0.840. The van der Waals surface area contributed by atoms with Crippen molar-refractivity contribution in [3.8, 4) is 0 Å². The normalized spacial score (nSPS) is 28.1. The van der Waals surface area contributed by atoms with Crippen LogP contribution in [0.15, 0.2) is 34.4 Å². The minimum Gasteiger partial charge on any atom is -0.371 e. The number of rotatable bonds is 4. The van der Waals surface area contributed by atoms with Gasteiger partial charge in [-0.05, 0) is 13.8 Å². The van der Waals surface area contributed by atoms with Gasteiger partial charge < -0.3 is 24.1 Å². The Balaban J connectivity index is 1.52. The van der Waals surface area contributed by atoms with E-state index in [0.29, 0.717) is 5.69 Å². The Kier molecular flexibility index (Phi) is 4.89. The zero-order valence-electron chi connectivity index (χ0n) is 16.3. The van der Waals surface area contributed by atoms with Gasteiger partial charge in [0, 0.05) is 25.9 Å². The lowest BCUT2D eigenvalue weighted by atomic mass is 9.97. The minimum absolute atomic E-state index is 0.165. The molecule has 0 unspecified atom stereocenters. The highest BCUT2D eigenvalue weighted by Gasteiger charge is 2.52. The number of ether oxygens (including phenoxy) is 3. The van der Waals surface area contributed by atoms with Crippen molar-refractivity contribution in [2.24, 2.45) is 7.05 Å². The van der Waals surface area contributed by atoms with Crippen molar-refractivity contribution < 1.29 is 19.0 Å². The first-order valence-corrected chi connectivity index (χ1v) is 9.28. The Labute approximate surface area is 165 Å². The Hall–Kier alpha value is -2.76. The lowest BCUT2D eigenvalue weighted by Crippen LogP contribution is -2.54. The number of aromatic nitrogens is 4. The van der Waals surface area contributed by atoms with E-state index in [-0.39, 0.29) is 19.1 Å². The number of aromatic amines is 1. The summed E-state index contributed by atoms with van der Waals surface area (Å²) in [6.07, 6.45) is 3.00. The highest BCUT2D eigenvalue weighted by molar-refractivity contribution is 5.92. The molecule has 4 rings (SSSR count). The fraction of sp³-hybridized carbons (Fsp3) is 0.556. The molecule has 2 saturated heterocycles. The maximum Gasteiger partial charge on any atom is 0.328 e. The molecule has 4 atom stereocenters. The van der Waals surface area contributed by atoms with Crippen molar-refractivity contribution in [2.45, 2.75) is 44.0 Å². The van der Waals surface area contributed by atoms with Crippen LogP contribution in [0.2, 0.25) is 0 Å². The Morgan fingerprint density at radius 1 is 1.34 bits per heavy atom. The van der Waals surface area contributed by atoms with Crippen LogP contribution in [-0.4, -0.2) is 62.3 Å². The third kappa shape index (κ3) is 3.76. The fourth-order valence-corrected chi connectivity index (χ4v) is 3.78. The van der Waals surface area contributed by atoms with Crippen LogP contribution >= 0.6 is 0 Å². The number of aryl methyl sites for hydroxylation is 1. The smallest absolute Gasteiger partial charge is 0.328 e. The molecule has 0 radical (unpaired) electrons. The van der Waals surface area contributed by atoms with E-state index in [9.17, 15) is 14.4 Å². The highest BCUT2D eigenvalue weighted by atomic mass is 16.8. The number of imidazole rings is 1. The first-order valence-electron chi connectivity index (χ1n) is 9.28. The van der Waals surface area contributed by atoms with Gasteiger partial charge in [0.05, 0.1) is 25.2 Å². The van der Waals surface area contributed by atoms with Gasteiger partial charge in [-0.3, -0.25) is 19.1 Å². The molecular weight excluding hydrogens is 382 g/mol. The molecule has 0 aromatic carbocycles. The van der Waals surface area contributed by atoms with Crippen LogP contribution in [0, 0.1) is 0 Å². The van der Waals surface area contributed by atoms with Gasteiger partial charge in [0.1, 0.15) is 24.0 Å². The Morgan fingerprint density at radius 3 is 2.79 bits per heavy atom. The lowest BCUT2D eigenvalue weighted by Gasteiger charge is -2.37. The van der Waals surface area contributed by atoms with E-state index in [1.807, 2.05) is 0 Å². The van der Waals surface area contributed by atoms with Crippen LogP contribution in [0.25, 0.3) is 0 Å². The van der Waals surface area contributed by atoms with Gasteiger partial charge >= 0.3 is 5.69 Å². The molecule has 1 amide bonds. The van der Waals surface area contributed by atoms with E-state index in [0.717, 1.165) is 0 Å². The zero-order chi connectivity index (χ0) is 20.8. The molecule has 11 heteroatoms. The van der Waals surface area contributed by atoms with Gasteiger partial charge in [0.2, 0.25) is 0 Å². The van der Waals surface area contributed by atoms with Crippen molar-refractivity contribution in [2.75, 3.05) is 13.2 Å². The Morgan fingerprint density at radius 2 is 2.10 bits per heavy atom. The third-order valence-electron chi connectivity index (χ3n) is 5.11. The number of nitrogens with one attached hydrogen (secondary N) is 2. The van der Waals surface area contributed by atoms with Gasteiger partial charge in [-0.1, -0.05) is 0 Å². The molecule has 2 aliphatic rings. The second-order valence-corrected chi connectivity index (χ2v) is 7.62. The van der Waals surface area contributed by atoms with Gasteiger partial charge in [0.15, 0.2) is 5.79 Å². The second kappa shape index (κ2) is 7.25. The van der Waals surface area contributed by atoms with Crippen LogP contribution in [0.4, 0.5) is 0 Å². The van der Waals surface area contributed by atoms with E-state index in [2.05, 4.69) is 15.3 Å². The first-order chi connectivity index (χ1) is 13.7. The molecule has 156 valence electrons. The van der Waals surface area contributed by atoms with Gasteiger partial charge in [-0.25, -0.2) is 9.78 Å². The zero-order valence-corrected chi connectivity index (χ0v) is 16.3. The minimum atomic E-state index is -0.878. The molecule has 0 saturated carbocycles. The van der Waals surface area contributed by atoms with E-state index >= 15 is 0 Å². The maximum absolute atomic E-state index is 12.4. The van der Waals surface area contributed by atoms with Crippen LogP contribution in [0.1, 0.15) is 30.4 Å². The average molecular weight is 405 g/mol. The Bertz CT molecular complexity index is 1020. The molecule has 2 N–H and O–H groups in total. The maximum atomic E-state index is 12.4. The van der Waals surface area contributed by atoms with E-state index in [1.54, 1.807) is 31.8 Å². The van der Waals surface area contributed by atoms with Crippen molar-refractivity contribution in [1.82, 2.24) is 24.4 Å². The molecular formula is C18H23N5O6. The summed E-state index contributed by atoms with van der Waals surface area (Å²) < 4.78 is 21.0. The molecule has 0 spiro atoms. The molecule has 4 heterocycles. The summed E-state index contributed by atoms with van der Waals surface area (Å²) in [5, 5.41) is 2.83. The van der Waals surface area contributed by atoms with Crippen molar-refractivity contribution in [3.63, 3.8) is 0 Å². The van der Waals surface area contributed by atoms with Crippen molar-refractivity contribution in [1.29, 1.82) is 0 Å². The first kappa shape index (κ1) is 19.6. The predicted molar refractivity (Wildman–Crippen MR) is 99.5 cm³/mol. The van der Waals surface area contributed by atoms with Crippen molar-refractivity contribution in [3.05, 3.63) is 51.3 Å². The number of hydrogen-bond donors (Lipinski definition) is 2. The van der Waals surface area contributed by atoms with E-state index in [1.165, 1.54) is 23.0 Å². The number of fused-ring (bicyclic) bond motifs is 1. The topological polar surface area (TPSA) is 129 Å². The summed E-state index contributed by atoms with van der Waals surface area (Å²) in [7, 11) is 1.73. The molecule has 0 bridgehead atoms. The largest absolute Gasteiger partial charge is 0.371 e. The standard InChI is InChI=1S/C18H23N5O6/c1-18(2)28-14-11(23-5-4-13(24)21-17(23)26)8-27-12(15(14)29-18)7-20-16(25)10-6-19-9-22(10)3/h4-6,9,11-12,14-15H,7-8H2,1-3H3,(H,20,25)(H,21,24,26)/t11-,12-,14+,15-/m1/s1. The quantitative estimate of drug-likeness (QED) is 0.678. The summed E-state index contributed by atoms with van der Waals surface area (Å²) in [6.45, 7) is 3.93. The lowest BCUT2D eigenvalue weighted by molar-refractivity contribution is -0.153. The van der Waals surface area contributed by atoms with Gasteiger partial charge in [0.25, 0.3) is 11.5 Å². The summed E-state index contributed by atoms with van der Waals surface area (Å²) in [5.74, 6) is -1.15. The number of carbonyl (C=O) groups excluding carboxylic acids is 1. The molecule has 2 aromatic heterocycles. The van der Waals surface area contributed by atoms with Crippen molar-refractivity contribution >= 4 is 5.91 Å². The molecule has 2 aliphatic heterocycles. The van der Waals surface area contributed by atoms with Crippen LogP contribution < -0.4 is 16.6 Å². The molecule has 11 nitrogen and oxygen atoms in total. The molecule has 0 aliphatic carbocycles.